The van der Waals surface area contributed by atoms with E-state index in [0.29, 0.717) is 6.54 Å². The number of aromatic nitrogens is 2. The molecule has 10 heteroatoms. The normalized spacial score (nSPS) is 18.8. The molecule has 0 unspecified atom stereocenters. The topological polar surface area (TPSA) is 70.2 Å². The fourth-order valence-corrected chi connectivity index (χ4v) is 4.42. The molecule has 1 aromatic carbocycles. The van der Waals surface area contributed by atoms with Crippen LogP contribution in [0.5, 0.6) is 0 Å². The first-order valence-electron chi connectivity index (χ1n) is 10.8. The SMILES string of the molecule is CC(=O)N[C@@H]1CCCN(c2nc(Nc3ccc(F)c(C(F)(F)F)c3)nc3c2CCCC3)C1. The van der Waals surface area contributed by atoms with E-state index in [4.69, 9.17) is 0 Å². The number of carbonyl (C=O) groups is 1. The Labute approximate surface area is 183 Å². The molecule has 2 aliphatic rings. The first-order chi connectivity index (χ1) is 15.2. The van der Waals surface area contributed by atoms with Gasteiger partial charge in [-0.25, -0.2) is 9.37 Å². The Bertz CT molecular complexity index is 1010. The minimum absolute atomic E-state index is 0.0123. The van der Waals surface area contributed by atoms with Gasteiger partial charge in [-0.05, 0) is 56.7 Å². The Kier molecular flexibility index (Phi) is 6.21. The lowest BCUT2D eigenvalue weighted by Crippen LogP contribution is -2.48. The number of hydrogen-bond donors (Lipinski definition) is 2. The van der Waals surface area contributed by atoms with Crippen molar-refractivity contribution in [2.45, 2.75) is 57.7 Å². The van der Waals surface area contributed by atoms with Crippen molar-refractivity contribution in [3.63, 3.8) is 0 Å². The number of rotatable bonds is 4. The molecule has 0 bridgehead atoms. The summed E-state index contributed by atoms with van der Waals surface area (Å²) in [6.07, 6.45) is 0.568. The molecule has 0 radical (unpaired) electrons. The van der Waals surface area contributed by atoms with Crippen molar-refractivity contribution >= 4 is 23.4 Å². The van der Waals surface area contributed by atoms with Crippen LogP contribution < -0.4 is 15.5 Å². The van der Waals surface area contributed by atoms with E-state index in [0.717, 1.165) is 74.3 Å². The number of hydrogen-bond acceptors (Lipinski definition) is 5. The van der Waals surface area contributed by atoms with Crippen molar-refractivity contribution in [2.24, 2.45) is 0 Å². The van der Waals surface area contributed by atoms with Crippen molar-refractivity contribution < 1.29 is 22.4 Å². The maximum atomic E-state index is 13.6. The summed E-state index contributed by atoms with van der Waals surface area (Å²) in [7, 11) is 0. The van der Waals surface area contributed by atoms with Gasteiger partial charge in [-0.3, -0.25) is 4.79 Å². The summed E-state index contributed by atoms with van der Waals surface area (Å²) in [5.41, 5.74) is 0.661. The van der Waals surface area contributed by atoms with Gasteiger partial charge in [-0.2, -0.15) is 18.2 Å². The van der Waals surface area contributed by atoms with Crippen molar-refractivity contribution in [1.82, 2.24) is 15.3 Å². The van der Waals surface area contributed by atoms with Crippen LogP contribution in [0.3, 0.4) is 0 Å². The molecule has 2 heterocycles. The highest BCUT2D eigenvalue weighted by Gasteiger charge is 2.34. The van der Waals surface area contributed by atoms with Gasteiger partial charge < -0.3 is 15.5 Å². The number of benzene rings is 1. The van der Waals surface area contributed by atoms with Crippen LogP contribution in [0.1, 0.15) is 49.4 Å². The van der Waals surface area contributed by atoms with E-state index in [1.54, 1.807) is 0 Å². The van der Waals surface area contributed by atoms with Gasteiger partial charge >= 0.3 is 6.18 Å². The molecule has 172 valence electrons. The van der Waals surface area contributed by atoms with E-state index in [2.05, 4.69) is 25.5 Å². The van der Waals surface area contributed by atoms with Gasteiger partial charge in [0.15, 0.2) is 0 Å². The minimum atomic E-state index is -4.80. The molecule has 2 aromatic rings. The second kappa shape index (κ2) is 8.91. The van der Waals surface area contributed by atoms with Gasteiger partial charge in [0, 0.05) is 37.3 Å². The summed E-state index contributed by atoms with van der Waals surface area (Å²) < 4.78 is 52.9. The Morgan fingerprint density at radius 1 is 1.16 bits per heavy atom. The zero-order valence-electron chi connectivity index (χ0n) is 17.7. The van der Waals surface area contributed by atoms with E-state index in [1.165, 1.54) is 13.0 Å². The molecule has 0 spiro atoms. The zero-order chi connectivity index (χ0) is 22.9. The summed E-state index contributed by atoms with van der Waals surface area (Å²) >= 11 is 0. The molecule has 1 amide bonds. The molecule has 32 heavy (non-hydrogen) atoms. The maximum Gasteiger partial charge on any atom is 0.419 e. The first kappa shape index (κ1) is 22.3. The van der Waals surface area contributed by atoms with Gasteiger partial charge in [-0.1, -0.05) is 0 Å². The fourth-order valence-electron chi connectivity index (χ4n) is 4.42. The second-order valence-electron chi connectivity index (χ2n) is 8.31. The maximum absolute atomic E-state index is 13.6. The zero-order valence-corrected chi connectivity index (χ0v) is 17.7. The van der Waals surface area contributed by atoms with E-state index >= 15 is 0 Å². The van der Waals surface area contributed by atoms with Gasteiger partial charge in [0.2, 0.25) is 11.9 Å². The summed E-state index contributed by atoms with van der Waals surface area (Å²) in [5.74, 6) is -0.472. The number of fused-ring (bicyclic) bond motifs is 1. The van der Waals surface area contributed by atoms with Crippen LogP contribution in [0.4, 0.5) is 35.0 Å². The molecular formula is C22H25F4N5O. The monoisotopic (exact) mass is 451 g/mol. The summed E-state index contributed by atoms with van der Waals surface area (Å²) in [4.78, 5) is 22.8. The van der Waals surface area contributed by atoms with Crippen LogP contribution in [0.2, 0.25) is 0 Å². The molecule has 2 N–H and O–H groups in total. The minimum Gasteiger partial charge on any atom is -0.354 e. The number of aryl methyl sites for hydroxylation is 1. The van der Waals surface area contributed by atoms with Crippen LogP contribution in [0, 0.1) is 5.82 Å². The molecule has 4 rings (SSSR count). The van der Waals surface area contributed by atoms with Crippen molar-refractivity contribution in [3.05, 3.63) is 40.8 Å². The third-order valence-electron chi connectivity index (χ3n) is 5.82. The van der Waals surface area contributed by atoms with Crippen LogP contribution in [-0.2, 0) is 23.8 Å². The Morgan fingerprint density at radius 3 is 2.69 bits per heavy atom. The number of anilines is 3. The van der Waals surface area contributed by atoms with Crippen molar-refractivity contribution in [1.29, 1.82) is 0 Å². The predicted molar refractivity (Wildman–Crippen MR) is 112 cm³/mol. The largest absolute Gasteiger partial charge is 0.419 e. The number of amides is 1. The highest BCUT2D eigenvalue weighted by atomic mass is 19.4. The van der Waals surface area contributed by atoms with Crippen LogP contribution in [0.25, 0.3) is 0 Å². The fraction of sp³-hybridized carbons (Fsp3) is 0.500. The summed E-state index contributed by atoms with van der Waals surface area (Å²) in [5, 5.41) is 5.79. The van der Waals surface area contributed by atoms with E-state index < -0.39 is 17.6 Å². The molecule has 0 saturated carbocycles. The molecule has 1 aromatic heterocycles. The number of nitrogens with zero attached hydrogens (tertiary/aromatic N) is 3. The van der Waals surface area contributed by atoms with Crippen molar-refractivity contribution in [2.75, 3.05) is 23.3 Å². The summed E-state index contributed by atoms with van der Waals surface area (Å²) in [6.45, 7) is 2.87. The van der Waals surface area contributed by atoms with Crippen LogP contribution in [0.15, 0.2) is 18.2 Å². The number of carbonyl (C=O) groups excluding carboxylic acids is 1. The summed E-state index contributed by atoms with van der Waals surface area (Å²) in [6, 6.07) is 2.76. The lowest BCUT2D eigenvalue weighted by Gasteiger charge is -2.36. The Morgan fingerprint density at radius 2 is 1.94 bits per heavy atom. The molecule has 1 aliphatic heterocycles. The Balaban J connectivity index is 1.65. The second-order valence-corrected chi connectivity index (χ2v) is 8.31. The number of alkyl halides is 3. The lowest BCUT2D eigenvalue weighted by atomic mass is 9.95. The third-order valence-corrected chi connectivity index (χ3v) is 5.82. The molecule has 1 fully saturated rings. The standard InChI is InChI=1S/C22H25F4N5O/c1-13(32)27-15-5-4-10-31(12-15)20-16-6-2-3-7-19(16)29-21(30-20)28-14-8-9-18(23)17(11-14)22(24,25)26/h8-9,11,15H,2-7,10,12H2,1H3,(H,27,32)(H,28,29,30)/t15-/m1/s1. The highest BCUT2D eigenvalue weighted by Crippen LogP contribution is 2.35. The van der Waals surface area contributed by atoms with E-state index in [-0.39, 0.29) is 23.6 Å². The average Bonchev–Trinajstić information content (AvgIpc) is 2.73. The number of piperidine rings is 1. The first-order valence-corrected chi connectivity index (χ1v) is 10.8. The average molecular weight is 451 g/mol. The van der Waals surface area contributed by atoms with E-state index in [9.17, 15) is 22.4 Å². The van der Waals surface area contributed by atoms with E-state index in [1.807, 2.05) is 0 Å². The van der Waals surface area contributed by atoms with Crippen LogP contribution in [-0.4, -0.2) is 35.0 Å². The number of nitrogens with one attached hydrogen (secondary N) is 2. The van der Waals surface area contributed by atoms with Gasteiger partial charge in [0.05, 0.1) is 11.3 Å². The van der Waals surface area contributed by atoms with Gasteiger partial charge in [0.1, 0.15) is 11.6 Å². The highest BCUT2D eigenvalue weighted by molar-refractivity contribution is 5.73. The predicted octanol–water partition coefficient (Wildman–Crippen LogP) is 4.36. The molecule has 6 nitrogen and oxygen atoms in total. The lowest BCUT2D eigenvalue weighted by molar-refractivity contribution is -0.140. The smallest absolute Gasteiger partial charge is 0.354 e. The Hall–Kier alpha value is -2.91. The third kappa shape index (κ3) is 4.94. The molecule has 1 saturated heterocycles. The quantitative estimate of drug-likeness (QED) is 0.676. The molecular weight excluding hydrogens is 426 g/mol. The molecule has 1 atom stereocenters. The number of halogens is 4. The molecule has 1 aliphatic carbocycles. The van der Waals surface area contributed by atoms with Crippen molar-refractivity contribution in [3.8, 4) is 0 Å². The van der Waals surface area contributed by atoms with Gasteiger partial charge in [0.25, 0.3) is 0 Å². The van der Waals surface area contributed by atoms with Gasteiger partial charge in [-0.15, -0.1) is 0 Å². The van der Waals surface area contributed by atoms with Crippen LogP contribution >= 0.6 is 0 Å².